The molecule has 240 valence electrons. The van der Waals surface area contributed by atoms with Gasteiger partial charge in [-0.15, -0.1) is 10.2 Å². The van der Waals surface area contributed by atoms with Crippen molar-refractivity contribution in [2.75, 3.05) is 10.9 Å². The maximum atomic E-state index is 10.9. The Labute approximate surface area is 278 Å². The highest BCUT2D eigenvalue weighted by Crippen LogP contribution is 2.20. The summed E-state index contributed by atoms with van der Waals surface area (Å²) in [6, 6.07) is 28.2. The second-order valence-corrected chi connectivity index (χ2v) is 9.01. The lowest BCUT2D eigenvalue weighted by Crippen LogP contribution is -3.00. The van der Waals surface area contributed by atoms with Crippen LogP contribution in [0.3, 0.4) is 0 Å². The van der Waals surface area contributed by atoms with Crippen LogP contribution in [0, 0.1) is 20.2 Å². The molecule has 4 aromatic carbocycles. The van der Waals surface area contributed by atoms with Crippen LogP contribution in [0.2, 0.25) is 0 Å². The van der Waals surface area contributed by atoms with Crippen LogP contribution in [-0.4, -0.2) is 37.9 Å². The molecule has 6 rings (SSSR count). The number of H-pyrrole nitrogens is 2. The smallest absolute Gasteiger partial charge is 0.278 e. The molecule has 0 amide bonds. The Balaban J connectivity index is 0.000000307. The van der Waals surface area contributed by atoms with E-state index in [-0.39, 0.29) is 41.7 Å². The first kappa shape index (κ1) is 37.0. The summed E-state index contributed by atoms with van der Waals surface area (Å²) in [7, 11) is 0. The van der Waals surface area contributed by atoms with Gasteiger partial charge in [-0.25, -0.2) is 0 Å². The van der Waals surface area contributed by atoms with E-state index in [2.05, 4.69) is 41.4 Å². The molecule has 15 nitrogen and oxygen atoms in total. The second kappa shape index (κ2) is 18.0. The molecule has 0 unspecified atom stereocenters. The Kier molecular flexibility index (Phi) is 14.2. The normalized spacial score (nSPS) is 10.2. The van der Waals surface area contributed by atoms with Gasteiger partial charge in [-0.2, -0.15) is 10.2 Å². The molecule has 17 heteroatoms. The summed E-state index contributed by atoms with van der Waals surface area (Å²) in [5.41, 5.74) is 6.46. The van der Waals surface area contributed by atoms with Crippen LogP contribution >= 0.6 is 0 Å². The van der Waals surface area contributed by atoms with Crippen molar-refractivity contribution in [3.8, 4) is 0 Å². The predicted octanol–water partition coefficient (Wildman–Crippen LogP) is -2.01. The standard InChI is InChI=1S/2C15H11N5O2.2ClH.H2O/c2*21-20(22)14-8-4-2-6-12(14)10-17-19-15-13-7-3-1-5-11(13)9-16-18-15;;;/h2*1-10H,(H,18,19);2*1H;1H2/b2*17-10+;;;. The van der Waals surface area contributed by atoms with Crippen LogP contribution in [0.5, 0.6) is 0 Å². The average molecular weight is 678 g/mol. The Morgan fingerprint density at radius 2 is 0.957 bits per heavy atom. The third-order valence-electron chi connectivity index (χ3n) is 6.24. The molecule has 2 heterocycles. The quantitative estimate of drug-likeness (QED) is 0.104. The van der Waals surface area contributed by atoms with Crippen molar-refractivity contribution >= 4 is 57.0 Å². The highest BCUT2D eigenvalue weighted by atomic mass is 35.5. The summed E-state index contributed by atoms with van der Waals surface area (Å²) in [5, 5.41) is 47.5. The minimum Gasteiger partial charge on any atom is -1.00 e. The molecule has 0 spiro atoms. The van der Waals surface area contributed by atoms with Crippen molar-refractivity contribution in [3.63, 3.8) is 0 Å². The van der Waals surface area contributed by atoms with E-state index in [9.17, 15) is 20.2 Å². The van der Waals surface area contributed by atoms with Crippen molar-refractivity contribution in [1.82, 2.24) is 10.2 Å². The molecule has 0 aliphatic carbocycles. The molecular weight excluding hydrogens is 651 g/mol. The zero-order chi connectivity index (χ0) is 30.7. The van der Waals surface area contributed by atoms with Gasteiger partial charge in [0.1, 0.15) is 0 Å². The Morgan fingerprint density at radius 3 is 1.36 bits per heavy atom. The zero-order valence-corrected chi connectivity index (χ0v) is 25.6. The monoisotopic (exact) mass is 676 g/mol. The summed E-state index contributed by atoms with van der Waals surface area (Å²) < 4.78 is 0. The third-order valence-corrected chi connectivity index (χ3v) is 6.24. The Hall–Kier alpha value is -6.16. The fourth-order valence-electron chi connectivity index (χ4n) is 4.15. The third kappa shape index (κ3) is 9.41. The van der Waals surface area contributed by atoms with Crippen LogP contribution in [0.25, 0.3) is 21.5 Å². The number of fused-ring (bicyclic) bond motifs is 2. The van der Waals surface area contributed by atoms with Gasteiger partial charge in [0.15, 0.2) is 0 Å². The van der Waals surface area contributed by atoms with Crippen LogP contribution < -0.4 is 45.9 Å². The number of nitro benzene ring substituents is 2. The predicted molar refractivity (Wildman–Crippen MR) is 169 cm³/mol. The molecule has 0 atom stereocenters. The summed E-state index contributed by atoms with van der Waals surface area (Å²) in [4.78, 5) is 21.0. The topological polar surface area (TPSA) is 221 Å². The van der Waals surface area contributed by atoms with E-state index in [1.165, 1.54) is 24.6 Å². The molecule has 0 saturated carbocycles. The number of benzene rings is 4. The van der Waals surface area contributed by atoms with Gasteiger partial charge in [0.05, 0.1) is 44.2 Å². The molecule has 6 aromatic rings. The lowest BCUT2D eigenvalue weighted by molar-refractivity contribution is -0.451. The fraction of sp³-hybridized carbons (Fsp3) is 0. The lowest BCUT2D eigenvalue weighted by Gasteiger charge is -2.00. The number of para-hydroxylation sites is 2. The minimum atomic E-state index is -0.439. The summed E-state index contributed by atoms with van der Waals surface area (Å²) in [5.74, 6) is 1.10. The highest BCUT2D eigenvalue weighted by Gasteiger charge is 2.12. The fourth-order valence-corrected chi connectivity index (χ4v) is 4.15. The largest absolute Gasteiger partial charge is 1.00 e. The molecule has 2 aromatic heterocycles. The van der Waals surface area contributed by atoms with E-state index in [4.69, 9.17) is 0 Å². The number of hydrogen-bond donors (Lipinski definition) is 2. The van der Waals surface area contributed by atoms with Crippen molar-refractivity contribution < 1.29 is 50.3 Å². The molecule has 0 aliphatic heterocycles. The maximum Gasteiger partial charge on any atom is 0.278 e. The first-order valence-electron chi connectivity index (χ1n) is 13.1. The van der Waals surface area contributed by atoms with Crippen molar-refractivity contribution in [1.29, 1.82) is 0 Å². The van der Waals surface area contributed by atoms with E-state index in [1.54, 1.807) is 48.8 Å². The number of aromatic amines is 2. The first-order valence-corrected chi connectivity index (χ1v) is 13.1. The average Bonchev–Trinajstić information content (AvgIpc) is 3.05. The summed E-state index contributed by atoms with van der Waals surface area (Å²) in [6.07, 6.45) is 6.38. The van der Waals surface area contributed by atoms with E-state index in [0.717, 1.165) is 21.5 Å². The number of nitro groups is 2. The highest BCUT2D eigenvalue weighted by molar-refractivity contribution is 5.92. The lowest BCUT2D eigenvalue weighted by atomic mass is 10.2. The van der Waals surface area contributed by atoms with E-state index in [1.807, 2.05) is 48.5 Å². The Bertz CT molecular complexity index is 1880. The zero-order valence-electron chi connectivity index (χ0n) is 24.1. The number of nitrogens with zero attached hydrogens (tertiary/aromatic N) is 6. The number of aromatic nitrogens is 4. The molecule has 0 saturated heterocycles. The molecule has 0 fully saturated rings. The first-order chi connectivity index (χ1) is 21.5. The molecule has 6 N–H and O–H groups in total. The maximum absolute atomic E-state index is 10.9. The Morgan fingerprint density at radius 1 is 0.596 bits per heavy atom. The number of nitrogens with one attached hydrogen (secondary N) is 4. The molecule has 0 aliphatic rings. The van der Waals surface area contributed by atoms with Gasteiger partial charge >= 0.3 is 0 Å². The molecule has 0 radical (unpaired) electrons. The van der Waals surface area contributed by atoms with Gasteiger partial charge in [0, 0.05) is 33.1 Å². The molecule has 47 heavy (non-hydrogen) atoms. The van der Waals surface area contributed by atoms with Gasteiger partial charge in [-0.3, -0.25) is 31.1 Å². The van der Waals surface area contributed by atoms with E-state index >= 15 is 0 Å². The number of hydrogen-bond acceptors (Lipinski definition) is 10. The molecular formula is C30H26Cl2N10O5. The van der Waals surface area contributed by atoms with E-state index in [0.29, 0.717) is 22.8 Å². The van der Waals surface area contributed by atoms with Crippen molar-refractivity contribution in [3.05, 3.63) is 141 Å². The van der Waals surface area contributed by atoms with Gasteiger partial charge in [0.2, 0.25) is 24.0 Å². The summed E-state index contributed by atoms with van der Waals surface area (Å²) >= 11 is 0. The van der Waals surface area contributed by atoms with Gasteiger partial charge < -0.3 is 30.3 Å². The van der Waals surface area contributed by atoms with Crippen LogP contribution in [0.15, 0.2) is 120 Å². The van der Waals surface area contributed by atoms with Crippen molar-refractivity contribution in [2.45, 2.75) is 0 Å². The minimum absolute atomic E-state index is 0. The molecule has 0 bridgehead atoms. The SMILES string of the molecule is O.O=[N+]([O-])c1ccccc1/C=N/Nc1n[nH+]cc2ccccc12.O=[N+]([O-])c1ccccc1/C=N/Nc1n[nH+]cc2ccccc12.[Cl-].[Cl-]. The van der Waals surface area contributed by atoms with Crippen LogP contribution in [-0.2, 0) is 0 Å². The van der Waals surface area contributed by atoms with E-state index < -0.39 is 9.85 Å². The van der Waals surface area contributed by atoms with Gasteiger partial charge in [-0.1, -0.05) is 60.7 Å². The number of hydrazone groups is 2. The van der Waals surface area contributed by atoms with Gasteiger partial charge in [0.25, 0.3) is 11.4 Å². The number of rotatable bonds is 8. The van der Waals surface area contributed by atoms with Gasteiger partial charge in [-0.05, 0) is 24.3 Å². The summed E-state index contributed by atoms with van der Waals surface area (Å²) in [6.45, 7) is 0. The number of halogens is 2. The van der Waals surface area contributed by atoms with Crippen LogP contribution in [0.4, 0.5) is 23.0 Å². The number of anilines is 2. The van der Waals surface area contributed by atoms with Crippen LogP contribution in [0.1, 0.15) is 11.1 Å². The van der Waals surface area contributed by atoms with Crippen molar-refractivity contribution in [2.24, 2.45) is 10.2 Å². The second-order valence-electron chi connectivity index (χ2n) is 9.01.